The molecule has 1 aliphatic carbocycles. The zero-order chi connectivity index (χ0) is 11.6. The van der Waals surface area contributed by atoms with E-state index in [1.54, 1.807) is 0 Å². The largest absolute Gasteiger partial charge is 0.393 e. The number of nitrogens with two attached hydrogens (primary N) is 1. The summed E-state index contributed by atoms with van der Waals surface area (Å²) in [5.41, 5.74) is 5.96. The molecular formula is C13H24N2S. The highest BCUT2D eigenvalue weighted by Gasteiger charge is 2.34. The van der Waals surface area contributed by atoms with Crippen molar-refractivity contribution in [3.8, 4) is 0 Å². The molecule has 0 aromatic heterocycles. The number of hydrogen-bond acceptors (Lipinski definition) is 2. The van der Waals surface area contributed by atoms with Gasteiger partial charge in [0.05, 0.1) is 4.99 Å². The van der Waals surface area contributed by atoms with Crippen molar-refractivity contribution in [2.75, 3.05) is 13.1 Å². The van der Waals surface area contributed by atoms with Gasteiger partial charge >= 0.3 is 0 Å². The lowest BCUT2D eigenvalue weighted by molar-refractivity contribution is 0.0952. The van der Waals surface area contributed by atoms with Crippen molar-refractivity contribution in [3.05, 3.63) is 0 Å². The maximum Gasteiger partial charge on any atom is 0.0788 e. The first-order valence-electron chi connectivity index (χ1n) is 6.66. The van der Waals surface area contributed by atoms with Crippen molar-refractivity contribution in [3.63, 3.8) is 0 Å². The normalized spacial score (nSPS) is 27.8. The summed E-state index contributed by atoms with van der Waals surface area (Å²) in [5.74, 6) is 0. The fraction of sp³-hybridized carbons (Fsp3) is 0.923. The Kier molecular flexibility index (Phi) is 3.85. The van der Waals surface area contributed by atoms with Crippen LogP contribution in [0.25, 0.3) is 0 Å². The van der Waals surface area contributed by atoms with Crippen LogP contribution < -0.4 is 5.73 Å². The summed E-state index contributed by atoms with van der Waals surface area (Å²) in [6, 6.07) is 0.852. The van der Waals surface area contributed by atoms with Gasteiger partial charge < -0.3 is 10.6 Å². The average molecular weight is 240 g/mol. The van der Waals surface area contributed by atoms with Gasteiger partial charge in [-0.25, -0.2) is 0 Å². The minimum atomic E-state index is 0.125. The lowest BCUT2D eigenvalue weighted by Crippen LogP contribution is -2.48. The van der Waals surface area contributed by atoms with E-state index in [4.69, 9.17) is 18.0 Å². The number of rotatable bonds is 2. The van der Waals surface area contributed by atoms with Crippen molar-refractivity contribution in [2.45, 2.75) is 57.9 Å². The van der Waals surface area contributed by atoms with Gasteiger partial charge in [-0.05, 0) is 38.8 Å². The van der Waals surface area contributed by atoms with E-state index in [9.17, 15) is 0 Å². The first kappa shape index (κ1) is 12.3. The highest BCUT2D eigenvalue weighted by Crippen LogP contribution is 2.34. The maximum absolute atomic E-state index is 5.84. The molecule has 1 aliphatic heterocycles. The fourth-order valence-corrected chi connectivity index (χ4v) is 3.28. The van der Waals surface area contributed by atoms with Crippen molar-refractivity contribution < 1.29 is 0 Å². The zero-order valence-corrected chi connectivity index (χ0v) is 11.2. The minimum Gasteiger partial charge on any atom is -0.393 e. The minimum absolute atomic E-state index is 0.125. The highest BCUT2D eigenvalue weighted by molar-refractivity contribution is 7.80. The van der Waals surface area contributed by atoms with Crippen LogP contribution in [0.1, 0.15) is 51.9 Å². The highest BCUT2D eigenvalue weighted by atomic mass is 32.1. The molecule has 0 aromatic rings. The van der Waals surface area contributed by atoms with Gasteiger partial charge in [0.15, 0.2) is 0 Å². The molecule has 0 radical (unpaired) electrons. The average Bonchev–Trinajstić information content (AvgIpc) is 2.31. The molecule has 0 aromatic carbocycles. The predicted octanol–water partition coefficient (Wildman–Crippen LogP) is 2.71. The van der Waals surface area contributed by atoms with Crippen molar-refractivity contribution in [2.24, 2.45) is 11.1 Å². The van der Waals surface area contributed by atoms with E-state index in [1.165, 1.54) is 45.2 Å². The molecule has 2 aliphatic rings. The van der Waals surface area contributed by atoms with Crippen LogP contribution in [0, 0.1) is 5.41 Å². The molecular weight excluding hydrogens is 216 g/mol. The van der Waals surface area contributed by atoms with Gasteiger partial charge in [-0.2, -0.15) is 0 Å². The molecule has 92 valence electrons. The standard InChI is InChI=1S/C13H24N2S/c1-13(12(14)16)7-9-15(10-8-13)11-5-3-2-4-6-11/h11H,2-10H2,1H3,(H2,14,16). The summed E-state index contributed by atoms with van der Waals surface area (Å²) in [4.78, 5) is 3.40. The maximum atomic E-state index is 5.84. The summed E-state index contributed by atoms with van der Waals surface area (Å²) < 4.78 is 0. The smallest absolute Gasteiger partial charge is 0.0788 e. The molecule has 0 atom stereocenters. The molecule has 0 amide bonds. The Morgan fingerprint density at radius 1 is 1.19 bits per heavy atom. The van der Waals surface area contributed by atoms with E-state index in [2.05, 4.69) is 11.8 Å². The Balaban J connectivity index is 1.87. The van der Waals surface area contributed by atoms with E-state index < -0.39 is 0 Å². The molecule has 1 heterocycles. The first-order valence-corrected chi connectivity index (χ1v) is 7.07. The van der Waals surface area contributed by atoms with Gasteiger partial charge in [-0.3, -0.25) is 0 Å². The van der Waals surface area contributed by atoms with E-state index in [-0.39, 0.29) is 5.41 Å². The number of likely N-dealkylation sites (tertiary alicyclic amines) is 1. The lowest BCUT2D eigenvalue weighted by atomic mass is 9.79. The van der Waals surface area contributed by atoms with Crippen molar-refractivity contribution in [1.29, 1.82) is 0 Å². The van der Waals surface area contributed by atoms with Crippen molar-refractivity contribution in [1.82, 2.24) is 4.90 Å². The Morgan fingerprint density at radius 3 is 2.25 bits per heavy atom. The van der Waals surface area contributed by atoms with Gasteiger partial charge in [0, 0.05) is 11.5 Å². The summed E-state index contributed by atoms with van der Waals surface area (Å²) in [5, 5.41) is 0. The quantitative estimate of drug-likeness (QED) is 0.753. The van der Waals surface area contributed by atoms with Crippen LogP contribution in [0.5, 0.6) is 0 Å². The van der Waals surface area contributed by atoms with Crippen LogP contribution in [0.15, 0.2) is 0 Å². The number of piperidine rings is 1. The second kappa shape index (κ2) is 5.01. The predicted molar refractivity (Wildman–Crippen MR) is 72.6 cm³/mol. The van der Waals surface area contributed by atoms with Gasteiger partial charge in [0.25, 0.3) is 0 Å². The monoisotopic (exact) mass is 240 g/mol. The Labute approximate surface area is 105 Å². The van der Waals surface area contributed by atoms with E-state index in [0.29, 0.717) is 0 Å². The molecule has 2 rings (SSSR count). The third-order valence-corrected chi connectivity index (χ3v) is 5.08. The third kappa shape index (κ3) is 2.57. The Hall–Kier alpha value is -0.150. The summed E-state index contributed by atoms with van der Waals surface area (Å²) in [6.07, 6.45) is 9.40. The fourth-order valence-electron chi connectivity index (χ4n) is 3.08. The number of hydrogen-bond donors (Lipinski definition) is 1. The first-order chi connectivity index (χ1) is 7.62. The van der Waals surface area contributed by atoms with Crippen LogP contribution in [-0.4, -0.2) is 29.0 Å². The van der Waals surface area contributed by atoms with Crippen LogP contribution in [0.3, 0.4) is 0 Å². The molecule has 1 saturated carbocycles. The van der Waals surface area contributed by atoms with E-state index >= 15 is 0 Å². The molecule has 1 saturated heterocycles. The topological polar surface area (TPSA) is 29.3 Å². The van der Waals surface area contributed by atoms with E-state index in [1.807, 2.05) is 0 Å². The second-order valence-corrected chi connectivity index (χ2v) is 6.19. The van der Waals surface area contributed by atoms with Gasteiger partial charge in [0.1, 0.15) is 0 Å². The van der Waals surface area contributed by atoms with Crippen molar-refractivity contribution >= 4 is 17.2 Å². The van der Waals surface area contributed by atoms with Crippen LogP contribution in [0.2, 0.25) is 0 Å². The number of thiocarbonyl (C=S) groups is 1. The lowest BCUT2D eigenvalue weighted by Gasteiger charge is -2.43. The van der Waals surface area contributed by atoms with Gasteiger partial charge in [-0.1, -0.05) is 38.4 Å². The SMILES string of the molecule is CC1(C(N)=S)CCN(C2CCCCC2)CC1. The molecule has 2 fully saturated rings. The summed E-state index contributed by atoms with van der Waals surface area (Å²) in [7, 11) is 0. The molecule has 0 spiro atoms. The molecule has 0 bridgehead atoms. The second-order valence-electron chi connectivity index (χ2n) is 5.75. The van der Waals surface area contributed by atoms with Gasteiger partial charge in [0.2, 0.25) is 0 Å². The van der Waals surface area contributed by atoms with Gasteiger partial charge in [-0.15, -0.1) is 0 Å². The molecule has 2 nitrogen and oxygen atoms in total. The van der Waals surface area contributed by atoms with Crippen LogP contribution in [-0.2, 0) is 0 Å². The third-order valence-electron chi connectivity index (χ3n) is 4.59. The number of nitrogens with zero attached hydrogens (tertiary/aromatic N) is 1. The molecule has 2 N–H and O–H groups in total. The molecule has 0 unspecified atom stereocenters. The zero-order valence-electron chi connectivity index (χ0n) is 10.4. The molecule has 3 heteroatoms. The van der Waals surface area contributed by atoms with E-state index in [0.717, 1.165) is 23.9 Å². The Morgan fingerprint density at radius 2 is 1.75 bits per heavy atom. The summed E-state index contributed by atoms with van der Waals surface area (Å²) >= 11 is 5.18. The van der Waals surface area contributed by atoms with Crippen LogP contribution in [0.4, 0.5) is 0 Å². The van der Waals surface area contributed by atoms with Crippen LogP contribution >= 0.6 is 12.2 Å². The summed E-state index contributed by atoms with van der Waals surface area (Å²) in [6.45, 7) is 4.62. The molecule has 16 heavy (non-hydrogen) atoms. The Bertz CT molecular complexity index is 251.